The van der Waals surface area contributed by atoms with Crippen LogP contribution in [0, 0.1) is 11.8 Å². The summed E-state index contributed by atoms with van der Waals surface area (Å²) >= 11 is 5.22. The van der Waals surface area contributed by atoms with Crippen molar-refractivity contribution in [2.45, 2.75) is 13.0 Å². The van der Waals surface area contributed by atoms with Crippen molar-refractivity contribution in [3.8, 4) is 0 Å². The van der Waals surface area contributed by atoms with Crippen LogP contribution in [0.5, 0.6) is 0 Å². The molecule has 2 unspecified atom stereocenters. The molecule has 5 heteroatoms. The number of anilines is 1. The summed E-state index contributed by atoms with van der Waals surface area (Å²) in [6, 6.07) is 10.8. The number of likely N-dealkylation sites (tertiary alicyclic amines) is 1. The maximum absolute atomic E-state index is 4.58. The number of rotatable bonds is 3. The Labute approximate surface area is 144 Å². The van der Waals surface area contributed by atoms with Gasteiger partial charge in [-0.2, -0.15) is 0 Å². The molecule has 0 saturated carbocycles. The first-order chi connectivity index (χ1) is 10.8. The molecule has 0 spiro atoms. The lowest BCUT2D eigenvalue weighted by Crippen LogP contribution is -2.39. The van der Waals surface area contributed by atoms with Crippen molar-refractivity contribution in [2.75, 3.05) is 31.1 Å². The van der Waals surface area contributed by atoms with E-state index in [2.05, 4.69) is 66.4 Å². The number of fused-ring (bicyclic) bond motifs is 1. The van der Waals surface area contributed by atoms with Gasteiger partial charge in [0.2, 0.25) is 0 Å². The van der Waals surface area contributed by atoms with Gasteiger partial charge in [0.15, 0.2) is 5.13 Å². The first kappa shape index (κ1) is 14.7. The van der Waals surface area contributed by atoms with Gasteiger partial charge >= 0.3 is 0 Å². The van der Waals surface area contributed by atoms with Gasteiger partial charge in [-0.25, -0.2) is 4.98 Å². The van der Waals surface area contributed by atoms with E-state index in [4.69, 9.17) is 0 Å². The van der Waals surface area contributed by atoms with Gasteiger partial charge in [0.05, 0.1) is 0 Å². The quantitative estimate of drug-likeness (QED) is 0.809. The standard InChI is InChI=1S/C17H20BrN3S/c18-16-12-22-17(19-16)21-10-14-6-7-20(9-15(14)11-21)8-13-4-2-1-3-5-13/h1-5,12,14-15H,6-11H2. The highest BCUT2D eigenvalue weighted by Gasteiger charge is 2.37. The number of halogens is 1. The van der Waals surface area contributed by atoms with E-state index in [9.17, 15) is 0 Å². The number of hydrogen-bond acceptors (Lipinski definition) is 4. The van der Waals surface area contributed by atoms with Crippen LogP contribution < -0.4 is 4.90 Å². The third-order valence-corrected chi connectivity index (χ3v) is 6.48. The number of thiazole rings is 1. The van der Waals surface area contributed by atoms with Gasteiger partial charge in [0.25, 0.3) is 0 Å². The van der Waals surface area contributed by atoms with Crippen molar-refractivity contribution in [3.05, 3.63) is 45.9 Å². The number of piperidine rings is 1. The van der Waals surface area contributed by atoms with Crippen LogP contribution in [-0.4, -0.2) is 36.1 Å². The zero-order valence-corrected chi connectivity index (χ0v) is 14.9. The molecule has 4 rings (SSSR count). The molecule has 0 amide bonds. The highest BCUT2D eigenvalue weighted by atomic mass is 79.9. The SMILES string of the molecule is Brc1csc(N2CC3CCN(Cc4ccccc4)CC3C2)n1. The Bertz CT molecular complexity index is 630. The third kappa shape index (κ3) is 3.07. The number of aromatic nitrogens is 1. The van der Waals surface area contributed by atoms with Crippen LogP contribution in [0.15, 0.2) is 40.3 Å². The largest absolute Gasteiger partial charge is 0.347 e. The summed E-state index contributed by atoms with van der Waals surface area (Å²) in [4.78, 5) is 9.69. The van der Waals surface area contributed by atoms with Gasteiger partial charge in [-0.05, 0) is 46.3 Å². The van der Waals surface area contributed by atoms with Crippen LogP contribution in [0.4, 0.5) is 5.13 Å². The molecule has 1 aromatic carbocycles. The Hall–Kier alpha value is -0.910. The van der Waals surface area contributed by atoms with E-state index >= 15 is 0 Å². The van der Waals surface area contributed by atoms with Crippen molar-refractivity contribution in [1.82, 2.24) is 9.88 Å². The van der Waals surface area contributed by atoms with Crippen molar-refractivity contribution >= 4 is 32.4 Å². The molecule has 2 aliphatic heterocycles. The summed E-state index contributed by atoms with van der Waals surface area (Å²) in [5.41, 5.74) is 1.43. The van der Waals surface area contributed by atoms with Crippen molar-refractivity contribution in [1.29, 1.82) is 0 Å². The molecule has 2 atom stereocenters. The molecule has 2 fully saturated rings. The van der Waals surface area contributed by atoms with Gasteiger partial charge in [-0.3, -0.25) is 4.90 Å². The maximum Gasteiger partial charge on any atom is 0.186 e. The van der Waals surface area contributed by atoms with Crippen LogP contribution in [0.2, 0.25) is 0 Å². The fourth-order valence-electron chi connectivity index (χ4n) is 3.78. The molecular formula is C17H20BrN3S. The number of hydrogen-bond donors (Lipinski definition) is 0. The Kier molecular flexibility index (Phi) is 4.20. The van der Waals surface area contributed by atoms with Gasteiger partial charge in [0.1, 0.15) is 4.60 Å². The highest BCUT2D eigenvalue weighted by Crippen LogP contribution is 2.36. The van der Waals surface area contributed by atoms with Crippen LogP contribution in [0.1, 0.15) is 12.0 Å². The molecule has 0 N–H and O–H groups in total. The van der Waals surface area contributed by atoms with Crippen LogP contribution in [0.25, 0.3) is 0 Å². The molecule has 3 heterocycles. The molecule has 116 valence electrons. The molecule has 2 aliphatic rings. The third-order valence-electron chi connectivity index (χ3n) is 4.87. The van der Waals surface area contributed by atoms with E-state index in [0.717, 1.165) is 29.5 Å². The summed E-state index contributed by atoms with van der Waals surface area (Å²) in [6.07, 6.45) is 1.32. The number of nitrogens with zero attached hydrogens (tertiary/aromatic N) is 3. The average molecular weight is 378 g/mol. The number of benzene rings is 1. The monoisotopic (exact) mass is 377 g/mol. The summed E-state index contributed by atoms with van der Waals surface area (Å²) in [5.74, 6) is 1.63. The second-order valence-electron chi connectivity index (χ2n) is 6.39. The van der Waals surface area contributed by atoms with Crippen LogP contribution in [0.3, 0.4) is 0 Å². The van der Waals surface area contributed by atoms with E-state index in [1.807, 2.05) is 0 Å². The summed E-state index contributed by atoms with van der Waals surface area (Å²) in [5, 5.41) is 3.26. The molecular weight excluding hydrogens is 358 g/mol. The first-order valence-corrected chi connectivity index (χ1v) is 9.57. The minimum Gasteiger partial charge on any atom is -0.347 e. The lowest BCUT2D eigenvalue weighted by molar-refractivity contribution is 0.142. The Morgan fingerprint density at radius 3 is 2.73 bits per heavy atom. The Balaban J connectivity index is 1.39. The Morgan fingerprint density at radius 1 is 1.14 bits per heavy atom. The molecule has 0 aliphatic carbocycles. The summed E-state index contributed by atoms with van der Waals surface area (Å²) in [7, 11) is 0. The molecule has 3 nitrogen and oxygen atoms in total. The summed E-state index contributed by atoms with van der Waals surface area (Å²) in [6.45, 7) is 5.89. The van der Waals surface area contributed by atoms with E-state index < -0.39 is 0 Å². The van der Waals surface area contributed by atoms with E-state index in [1.165, 1.54) is 36.8 Å². The second kappa shape index (κ2) is 6.30. The van der Waals surface area contributed by atoms with Crippen molar-refractivity contribution < 1.29 is 0 Å². The molecule has 1 aromatic heterocycles. The van der Waals surface area contributed by atoms with Gasteiger partial charge in [0, 0.05) is 31.6 Å². The average Bonchev–Trinajstić information content (AvgIpc) is 3.14. The fraction of sp³-hybridized carbons (Fsp3) is 0.471. The minimum absolute atomic E-state index is 0.792. The molecule has 2 saturated heterocycles. The minimum atomic E-state index is 0.792. The molecule has 0 radical (unpaired) electrons. The second-order valence-corrected chi connectivity index (χ2v) is 8.04. The van der Waals surface area contributed by atoms with E-state index in [-0.39, 0.29) is 0 Å². The van der Waals surface area contributed by atoms with Crippen molar-refractivity contribution in [3.63, 3.8) is 0 Å². The van der Waals surface area contributed by atoms with Gasteiger partial charge < -0.3 is 4.90 Å². The van der Waals surface area contributed by atoms with Gasteiger partial charge in [-0.1, -0.05) is 30.3 Å². The normalized spacial score (nSPS) is 25.4. The van der Waals surface area contributed by atoms with E-state index in [1.54, 1.807) is 11.3 Å². The topological polar surface area (TPSA) is 19.4 Å². The summed E-state index contributed by atoms with van der Waals surface area (Å²) < 4.78 is 0.966. The van der Waals surface area contributed by atoms with Crippen molar-refractivity contribution in [2.24, 2.45) is 11.8 Å². The van der Waals surface area contributed by atoms with Crippen LogP contribution in [-0.2, 0) is 6.54 Å². The lowest BCUT2D eigenvalue weighted by Gasteiger charge is -2.34. The predicted molar refractivity (Wildman–Crippen MR) is 95.3 cm³/mol. The Morgan fingerprint density at radius 2 is 1.95 bits per heavy atom. The first-order valence-electron chi connectivity index (χ1n) is 7.90. The highest BCUT2D eigenvalue weighted by molar-refractivity contribution is 9.10. The molecule has 2 aromatic rings. The van der Waals surface area contributed by atoms with Gasteiger partial charge in [-0.15, -0.1) is 11.3 Å². The van der Waals surface area contributed by atoms with E-state index in [0.29, 0.717) is 0 Å². The molecule has 0 bridgehead atoms. The predicted octanol–water partition coefficient (Wildman–Crippen LogP) is 3.86. The smallest absolute Gasteiger partial charge is 0.186 e. The zero-order valence-electron chi connectivity index (χ0n) is 12.5. The maximum atomic E-state index is 4.58. The fourth-order valence-corrected chi connectivity index (χ4v) is 5.05. The zero-order chi connectivity index (χ0) is 14.9. The molecule has 22 heavy (non-hydrogen) atoms. The van der Waals surface area contributed by atoms with Crippen LogP contribution >= 0.6 is 27.3 Å². The lowest BCUT2D eigenvalue weighted by atomic mass is 9.88.